The number of hydrogen-bond donors (Lipinski definition) is 0. The molecule has 1 fully saturated rings. The van der Waals surface area contributed by atoms with E-state index in [2.05, 4.69) is 14.9 Å². The number of anilines is 1. The molecule has 0 saturated carbocycles. The van der Waals surface area contributed by atoms with E-state index in [0.717, 1.165) is 17.0 Å². The van der Waals surface area contributed by atoms with Crippen LogP contribution in [0, 0.1) is 19.7 Å². The molecule has 3 aromatic heterocycles. The van der Waals surface area contributed by atoms with E-state index in [1.165, 1.54) is 6.07 Å². The zero-order valence-electron chi connectivity index (χ0n) is 17.7. The Morgan fingerprint density at radius 1 is 1.03 bits per heavy atom. The summed E-state index contributed by atoms with van der Waals surface area (Å²) in [5, 5.41) is 1.03. The number of pyridine rings is 2. The van der Waals surface area contributed by atoms with Crippen molar-refractivity contribution in [2.24, 2.45) is 0 Å². The lowest BCUT2D eigenvalue weighted by molar-refractivity contribution is 0.0391. The number of rotatable bonds is 3. The van der Waals surface area contributed by atoms with Gasteiger partial charge in [-0.15, -0.1) is 0 Å². The summed E-state index contributed by atoms with van der Waals surface area (Å²) in [7, 11) is 0. The minimum atomic E-state index is -0.434. The van der Waals surface area contributed by atoms with Crippen LogP contribution in [0.15, 0.2) is 48.7 Å². The maximum atomic E-state index is 14.8. The van der Waals surface area contributed by atoms with E-state index in [4.69, 9.17) is 26.3 Å². The number of benzene rings is 1. The van der Waals surface area contributed by atoms with E-state index in [9.17, 15) is 4.39 Å². The second-order valence-corrected chi connectivity index (χ2v) is 8.29. The first kappa shape index (κ1) is 20.7. The molecule has 1 aliphatic rings. The van der Waals surface area contributed by atoms with Crippen LogP contribution in [0.5, 0.6) is 0 Å². The van der Waals surface area contributed by atoms with Crippen molar-refractivity contribution in [3.63, 3.8) is 0 Å². The largest absolute Gasteiger partial charge is 0.370 e. The van der Waals surface area contributed by atoms with Gasteiger partial charge < -0.3 is 9.64 Å². The first-order valence-electron chi connectivity index (χ1n) is 10.4. The van der Waals surface area contributed by atoms with Gasteiger partial charge in [0, 0.05) is 40.1 Å². The van der Waals surface area contributed by atoms with Crippen LogP contribution >= 0.6 is 11.6 Å². The second-order valence-electron chi connectivity index (χ2n) is 7.86. The Balaban J connectivity index is 1.59. The van der Waals surface area contributed by atoms with Crippen LogP contribution in [0.2, 0.25) is 5.02 Å². The maximum absolute atomic E-state index is 14.8. The molecule has 1 saturated heterocycles. The van der Waals surface area contributed by atoms with Crippen LogP contribution in [-0.4, -0.2) is 39.6 Å². The number of aromatic nitrogens is 4. The van der Waals surface area contributed by atoms with E-state index >= 15 is 0 Å². The van der Waals surface area contributed by atoms with Gasteiger partial charge in [-0.25, -0.2) is 14.4 Å². The monoisotopic (exact) mass is 449 g/mol. The fourth-order valence-corrected chi connectivity index (χ4v) is 4.08. The van der Waals surface area contributed by atoms with Gasteiger partial charge in [-0.3, -0.25) is 4.98 Å². The third-order valence-corrected chi connectivity index (χ3v) is 5.75. The highest BCUT2D eigenvalue weighted by molar-refractivity contribution is 6.30. The highest BCUT2D eigenvalue weighted by atomic mass is 35.5. The number of nitrogens with zero attached hydrogens (tertiary/aromatic N) is 5. The Hall–Kier alpha value is -3.16. The minimum Gasteiger partial charge on any atom is -0.370 e. The topological polar surface area (TPSA) is 64.0 Å². The van der Waals surface area contributed by atoms with Gasteiger partial charge in [0.1, 0.15) is 11.9 Å². The Morgan fingerprint density at radius 2 is 1.91 bits per heavy atom. The van der Waals surface area contributed by atoms with E-state index in [1.807, 2.05) is 38.1 Å². The summed E-state index contributed by atoms with van der Waals surface area (Å²) in [5.41, 5.74) is 4.21. The number of aryl methyl sites for hydroxylation is 2. The van der Waals surface area contributed by atoms with Crippen molar-refractivity contribution >= 4 is 28.6 Å². The van der Waals surface area contributed by atoms with Crippen LogP contribution in [0.25, 0.3) is 22.3 Å². The maximum Gasteiger partial charge on any atom is 0.228 e. The van der Waals surface area contributed by atoms with Crippen LogP contribution in [0.1, 0.15) is 23.1 Å². The van der Waals surface area contributed by atoms with Gasteiger partial charge in [-0.2, -0.15) is 4.98 Å². The second kappa shape index (κ2) is 8.41. The summed E-state index contributed by atoms with van der Waals surface area (Å²) in [4.78, 5) is 20.4. The average molecular weight is 450 g/mol. The summed E-state index contributed by atoms with van der Waals surface area (Å²) < 4.78 is 20.8. The zero-order chi connectivity index (χ0) is 22.2. The molecule has 8 heteroatoms. The van der Waals surface area contributed by atoms with E-state index in [-0.39, 0.29) is 6.10 Å². The quantitative estimate of drug-likeness (QED) is 0.435. The van der Waals surface area contributed by atoms with Crippen molar-refractivity contribution in [3.05, 3.63) is 76.5 Å². The summed E-state index contributed by atoms with van der Waals surface area (Å²) in [5.74, 6) is 0.0650. The summed E-state index contributed by atoms with van der Waals surface area (Å²) in [6.45, 7) is 5.58. The molecule has 5 rings (SSSR count). The molecule has 0 spiro atoms. The number of halogens is 2. The smallest absolute Gasteiger partial charge is 0.228 e. The molecule has 0 aliphatic carbocycles. The summed E-state index contributed by atoms with van der Waals surface area (Å²) in [6, 6.07) is 12.3. The molecule has 1 aromatic carbocycles. The van der Waals surface area contributed by atoms with Gasteiger partial charge in [0.05, 0.1) is 18.8 Å². The first-order chi connectivity index (χ1) is 15.5. The number of morpholine rings is 1. The predicted molar refractivity (Wildman–Crippen MR) is 122 cm³/mol. The highest BCUT2D eigenvalue weighted by Gasteiger charge is 2.26. The summed E-state index contributed by atoms with van der Waals surface area (Å²) in [6.07, 6.45) is 1.65. The van der Waals surface area contributed by atoms with Crippen LogP contribution in [-0.2, 0) is 4.74 Å². The Morgan fingerprint density at radius 3 is 2.72 bits per heavy atom. The minimum absolute atomic E-state index is 0.133. The van der Waals surface area contributed by atoms with Crippen molar-refractivity contribution in [1.29, 1.82) is 0 Å². The molecule has 162 valence electrons. The predicted octanol–water partition coefficient (Wildman–Crippen LogP) is 5.07. The SMILES string of the molecule is Cc1cc([C@H]2CN(c3nc(-c4ccc(Cl)cc4F)c4ccc(C)nc4n3)CCO2)ccn1. The molecule has 0 radical (unpaired) electrons. The highest BCUT2D eigenvalue weighted by Crippen LogP contribution is 2.32. The first-order valence-corrected chi connectivity index (χ1v) is 10.8. The standard InChI is InChI=1S/C24H21ClFN5O/c1-14-3-5-19-22(18-6-4-17(25)12-20(18)26)29-24(30-23(19)28-14)31-9-10-32-21(13-31)16-7-8-27-15(2)11-16/h3-8,11-12,21H,9-10,13H2,1-2H3/t21-/m1/s1. The van der Waals surface area contributed by atoms with E-state index < -0.39 is 5.82 Å². The molecule has 32 heavy (non-hydrogen) atoms. The fraction of sp³-hybridized carbons (Fsp3) is 0.250. The van der Waals surface area contributed by atoms with Gasteiger partial charge in [-0.1, -0.05) is 11.6 Å². The molecule has 4 heterocycles. The van der Waals surface area contributed by atoms with Crippen molar-refractivity contribution in [3.8, 4) is 11.3 Å². The zero-order valence-corrected chi connectivity index (χ0v) is 18.5. The molecule has 0 unspecified atom stereocenters. The summed E-state index contributed by atoms with van der Waals surface area (Å²) >= 11 is 5.97. The normalized spacial score (nSPS) is 16.5. The van der Waals surface area contributed by atoms with Gasteiger partial charge in [0.2, 0.25) is 5.95 Å². The molecular formula is C24H21ClFN5O. The van der Waals surface area contributed by atoms with Gasteiger partial charge in [0.25, 0.3) is 0 Å². The molecule has 1 atom stereocenters. The third kappa shape index (κ3) is 4.01. The molecular weight excluding hydrogens is 429 g/mol. The van der Waals surface area contributed by atoms with Gasteiger partial charge in [-0.05, 0) is 61.9 Å². The van der Waals surface area contributed by atoms with Crippen molar-refractivity contribution in [2.45, 2.75) is 20.0 Å². The Kier molecular flexibility index (Phi) is 5.45. The van der Waals surface area contributed by atoms with Crippen LogP contribution in [0.4, 0.5) is 10.3 Å². The molecule has 1 aliphatic heterocycles. The number of fused-ring (bicyclic) bond motifs is 1. The lowest BCUT2D eigenvalue weighted by Crippen LogP contribution is -2.39. The average Bonchev–Trinajstić information content (AvgIpc) is 2.78. The van der Waals surface area contributed by atoms with Gasteiger partial charge in [0.15, 0.2) is 5.65 Å². The number of ether oxygens (including phenoxy) is 1. The van der Waals surface area contributed by atoms with E-state index in [1.54, 1.807) is 18.3 Å². The van der Waals surface area contributed by atoms with Crippen molar-refractivity contribution < 1.29 is 9.13 Å². The molecule has 6 nitrogen and oxygen atoms in total. The van der Waals surface area contributed by atoms with Crippen molar-refractivity contribution in [2.75, 3.05) is 24.6 Å². The van der Waals surface area contributed by atoms with Crippen LogP contribution < -0.4 is 4.90 Å². The molecule has 4 aromatic rings. The van der Waals surface area contributed by atoms with Crippen LogP contribution in [0.3, 0.4) is 0 Å². The molecule has 0 bridgehead atoms. The van der Waals surface area contributed by atoms with Crippen molar-refractivity contribution in [1.82, 2.24) is 19.9 Å². The Bertz CT molecular complexity index is 1320. The van der Waals surface area contributed by atoms with E-state index in [0.29, 0.717) is 53.0 Å². The Labute approximate surface area is 190 Å². The lowest BCUT2D eigenvalue weighted by Gasteiger charge is -2.33. The fourth-order valence-electron chi connectivity index (χ4n) is 3.92. The lowest BCUT2D eigenvalue weighted by atomic mass is 10.1. The number of hydrogen-bond acceptors (Lipinski definition) is 6. The molecule has 0 amide bonds. The third-order valence-electron chi connectivity index (χ3n) is 5.52. The van der Waals surface area contributed by atoms with Gasteiger partial charge >= 0.3 is 0 Å². The molecule has 0 N–H and O–H groups in total.